The molecule has 5 heteroatoms. The first-order valence-corrected chi connectivity index (χ1v) is 6.56. The second-order valence-electron chi connectivity index (χ2n) is 4.84. The summed E-state index contributed by atoms with van der Waals surface area (Å²) in [6.45, 7) is 3.80. The minimum absolute atomic E-state index is 0.702. The molecule has 2 heterocycles. The molecule has 0 unspecified atom stereocenters. The van der Waals surface area contributed by atoms with Gasteiger partial charge in [0.2, 0.25) is 0 Å². The molecule has 0 saturated heterocycles. The van der Waals surface area contributed by atoms with E-state index >= 15 is 0 Å². The third-order valence-corrected chi connectivity index (χ3v) is 3.45. The van der Waals surface area contributed by atoms with Crippen LogP contribution in [0.3, 0.4) is 0 Å². The van der Waals surface area contributed by atoms with Crippen LogP contribution in [0.2, 0.25) is 0 Å². The fourth-order valence-electron chi connectivity index (χ4n) is 2.21. The summed E-state index contributed by atoms with van der Waals surface area (Å²) in [5.74, 6) is 1.79. The monoisotopic (exact) mass is 245 g/mol. The summed E-state index contributed by atoms with van der Waals surface area (Å²) in [6, 6.07) is 4.22. The third kappa shape index (κ3) is 2.12. The Hall–Kier alpha value is -1.78. The first kappa shape index (κ1) is 11.3. The van der Waals surface area contributed by atoms with Crippen molar-refractivity contribution >= 4 is 5.82 Å². The largest absolute Gasteiger partial charge is 0.365 e. The highest BCUT2D eigenvalue weighted by Gasteiger charge is 2.26. The summed E-state index contributed by atoms with van der Waals surface area (Å²) in [5.41, 5.74) is 2.43. The van der Waals surface area contributed by atoms with Crippen molar-refractivity contribution < 1.29 is 0 Å². The Bertz CT molecular complexity index is 535. The van der Waals surface area contributed by atoms with E-state index in [1.54, 1.807) is 0 Å². The van der Waals surface area contributed by atoms with Crippen molar-refractivity contribution in [1.29, 1.82) is 0 Å². The van der Waals surface area contributed by atoms with Gasteiger partial charge in [0.15, 0.2) is 0 Å². The fourth-order valence-corrected chi connectivity index (χ4v) is 2.21. The smallest absolute Gasteiger partial charge is 0.124 e. The van der Waals surface area contributed by atoms with Crippen LogP contribution in [0.15, 0.2) is 18.3 Å². The van der Waals surface area contributed by atoms with E-state index in [9.17, 15) is 0 Å². The Balaban J connectivity index is 1.69. The van der Waals surface area contributed by atoms with Gasteiger partial charge in [0.05, 0.1) is 17.9 Å². The average molecular weight is 245 g/mol. The zero-order valence-corrected chi connectivity index (χ0v) is 10.9. The number of hydrogen-bond acceptors (Lipinski definition) is 3. The predicted octanol–water partition coefficient (Wildman–Crippen LogP) is 2.13. The normalized spacial score (nSPS) is 15.0. The maximum absolute atomic E-state index is 4.55. The summed E-state index contributed by atoms with van der Waals surface area (Å²) in [6.07, 6.45) is 4.43. The highest BCUT2D eigenvalue weighted by atomic mass is 15.3. The molecular formula is C13H19N5. The van der Waals surface area contributed by atoms with Gasteiger partial charge in [0.1, 0.15) is 5.82 Å². The minimum atomic E-state index is 0.702. The van der Waals surface area contributed by atoms with Crippen LogP contribution in [0.5, 0.6) is 0 Å². The van der Waals surface area contributed by atoms with Crippen LogP contribution in [0.1, 0.15) is 37.1 Å². The van der Waals surface area contributed by atoms with Crippen molar-refractivity contribution in [2.75, 3.05) is 5.32 Å². The average Bonchev–Trinajstić information content (AvgIpc) is 3.01. The number of aryl methyl sites for hydroxylation is 2. The zero-order chi connectivity index (χ0) is 12.5. The molecule has 0 radical (unpaired) electrons. The van der Waals surface area contributed by atoms with E-state index in [-0.39, 0.29) is 0 Å². The van der Waals surface area contributed by atoms with Crippen molar-refractivity contribution in [1.82, 2.24) is 19.6 Å². The summed E-state index contributed by atoms with van der Waals surface area (Å²) in [7, 11) is 1.99. The molecule has 0 bridgehead atoms. The number of aromatic nitrogens is 4. The van der Waals surface area contributed by atoms with Gasteiger partial charge < -0.3 is 5.32 Å². The molecule has 5 nitrogen and oxygen atoms in total. The predicted molar refractivity (Wildman–Crippen MR) is 70.4 cm³/mol. The van der Waals surface area contributed by atoms with Gasteiger partial charge in [-0.3, -0.25) is 9.36 Å². The quantitative estimate of drug-likeness (QED) is 0.877. The Morgan fingerprint density at radius 3 is 3.00 bits per heavy atom. The fraction of sp³-hybridized carbons (Fsp3) is 0.538. The van der Waals surface area contributed by atoms with Crippen molar-refractivity contribution in [2.24, 2.45) is 7.05 Å². The van der Waals surface area contributed by atoms with Crippen LogP contribution in [0, 0.1) is 0 Å². The molecule has 96 valence electrons. The lowest BCUT2D eigenvalue weighted by atomic mass is 10.3. The zero-order valence-electron chi connectivity index (χ0n) is 10.9. The molecule has 0 aliphatic heterocycles. The molecule has 0 spiro atoms. The molecule has 3 rings (SSSR count). The van der Waals surface area contributed by atoms with Crippen LogP contribution in [-0.2, 0) is 20.1 Å². The Morgan fingerprint density at radius 2 is 2.28 bits per heavy atom. The number of rotatable bonds is 5. The maximum Gasteiger partial charge on any atom is 0.124 e. The molecular weight excluding hydrogens is 226 g/mol. The van der Waals surface area contributed by atoms with Crippen molar-refractivity contribution in [2.45, 2.75) is 38.8 Å². The first-order valence-electron chi connectivity index (χ1n) is 6.56. The lowest BCUT2D eigenvalue weighted by molar-refractivity contribution is 0.626. The SMILES string of the molecule is CCn1nccc1CNc1cc(C2CC2)nn1C. The number of nitrogens with one attached hydrogen (secondary N) is 1. The lowest BCUT2D eigenvalue weighted by Gasteiger charge is -2.07. The van der Waals surface area contributed by atoms with Gasteiger partial charge in [-0.2, -0.15) is 10.2 Å². The Labute approximate surface area is 107 Å². The topological polar surface area (TPSA) is 47.7 Å². The van der Waals surface area contributed by atoms with Gasteiger partial charge in [-0.15, -0.1) is 0 Å². The van der Waals surface area contributed by atoms with E-state index < -0.39 is 0 Å². The van der Waals surface area contributed by atoms with E-state index in [0.29, 0.717) is 5.92 Å². The number of nitrogens with zero attached hydrogens (tertiary/aromatic N) is 4. The van der Waals surface area contributed by atoms with Gasteiger partial charge in [-0.25, -0.2) is 0 Å². The summed E-state index contributed by atoms with van der Waals surface area (Å²) < 4.78 is 3.94. The molecule has 1 aliphatic rings. The van der Waals surface area contributed by atoms with E-state index in [2.05, 4.69) is 34.6 Å². The highest BCUT2D eigenvalue weighted by Crippen LogP contribution is 2.39. The Morgan fingerprint density at radius 1 is 1.44 bits per heavy atom. The van der Waals surface area contributed by atoms with Gasteiger partial charge in [-0.1, -0.05) is 0 Å². The molecule has 1 saturated carbocycles. The van der Waals surface area contributed by atoms with Crippen LogP contribution in [-0.4, -0.2) is 19.6 Å². The van der Waals surface area contributed by atoms with Crippen molar-refractivity contribution in [3.8, 4) is 0 Å². The molecule has 0 atom stereocenters. The van der Waals surface area contributed by atoms with Gasteiger partial charge >= 0.3 is 0 Å². The maximum atomic E-state index is 4.55. The van der Waals surface area contributed by atoms with Crippen molar-refractivity contribution in [3.05, 3.63) is 29.7 Å². The molecule has 2 aromatic rings. The van der Waals surface area contributed by atoms with Crippen LogP contribution in [0.4, 0.5) is 5.82 Å². The van der Waals surface area contributed by atoms with Crippen LogP contribution in [0.25, 0.3) is 0 Å². The molecule has 1 N–H and O–H groups in total. The van der Waals surface area contributed by atoms with E-state index in [1.807, 2.05) is 22.6 Å². The summed E-state index contributed by atoms with van der Waals surface area (Å²) in [5, 5.41) is 12.2. The standard InChI is InChI=1S/C13H19N5/c1-3-18-11(6-7-15-18)9-14-13-8-12(10-4-5-10)16-17(13)2/h6-8,10,14H,3-5,9H2,1-2H3. The van der Waals surface area contributed by atoms with E-state index in [1.165, 1.54) is 24.2 Å². The second kappa shape index (κ2) is 4.48. The highest BCUT2D eigenvalue weighted by molar-refractivity contribution is 5.39. The van der Waals surface area contributed by atoms with Gasteiger partial charge in [-0.05, 0) is 25.8 Å². The van der Waals surface area contributed by atoms with Crippen LogP contribution < -0.4 is 5.32 Å². The summed E-state index contributed by atoms with van der Waals surface area (Å²) in [4.78, 5) is 0. The number of hydrogen-bond donors (Lipinski definition) is 1. The van der Waals surface area contributed by atoms with Gasteiger partial charge in [0, 0.05) is 31.8 Å². The van der Waals surface area contributed by atoms with E-state index in [4.69, 9.17) is 0 Å². The molecule has 0 aromatic carbocycles. The Kier molecular flexibility index (Phi) is 2.81. The second-order valence-corrected chi connectivity index (χ2v) is 4.84. The molecule has 0 amide bonds. The van der Waals surface area contributed by atoms with E-state index in [0.717, 1.165) is 18.9 Å². The molecule has 1 aliphatic carbocycles. The molecule has 2 aromatic heterocycles. The lowest BCUT2D eigenvalue weighted by Crippen LogP contribution is -2.09. The molecule has 1 fully saturated rings. The van der Waals surface area contributed by atoms with Gasteiger partial charge in [0.25, 0.3) is 0 Å². The molecule has 18 heavy (non-hydrogen) atoms. The number of anilines is 1. The first-order chi connectivity index (χ1) is 8.78. The summed E-state index contributed by atoms with van der Waals surface area (Å²) >= 11 is 0. The third-order valence-electron chi connectivity index (χ3n) is 3.45. The van der Waals surface area contributed by atoms with Crippen LogP contribution >= 0.6 is 0 Å². The minimum Gasteiger partial charge on any atom is -0.365 e. The van der Waals surface area contributed by atoms with Crippen molar-refractivity contribution in [3.63, 3.8) is 0 Å².